The minimum atomic E-state index is -3.68. The van der Waals surface area contributed by atoms with Gasteiger partial charge in [0.15, 0.2) is 0 Å². The van der Waals surface area contributed by atoms with Crippen LogP contribution in [0.15, 0.2) is 53.4 Å². The van der Waals surface area contributed by atoms with E-state index in [-0.39, 0.29) is 16.2 Å². The van der Waals surface area contributed by atoms with E-state index >= 15 is 0 Å². The molecule has 2 aromatic rings. The molecule has 6 heteroatoms. The molecule has 1 N–H and O–H groups in total. The van der Waals surface area contributed by atoms with Crippen molar-refractivity contribution in [3.63, 3.8) is 0 Å². The van der Waals surface area contributed by atoms with Crippen LogP contribution in [-0.4, -0.2) is 20.9 Å². The minimum Gasteiger partial charge on any atom is -0.312 e. The van der Waals surface area contributed by atoms with Crippen molar-refractivity contribution in [2.75, 3.05) is 16.2 Å². The summed E-state index contributed by atoms with van der Waals surface area (Å²) in [6.07, 6.45) is 2.43. The number of anilines is 2. The van der Waals surface area contributed by atoms with E-state index in [0.717, 1.165) is 24.1 Å². The molecule has 1 aliphatic heterocycles. The molecule has 144 valence electrons. The van der Waals surface area contributed by atoms with Crippen molar-refractivity contribution in [1.82, 2.24) is 0 Å². The van der Waals surface area contributed by atoms with Crippen molar-refractivity contribution in [3.05, 3.63) is 54.1 Å². The summed E-state index contributed by atoms with van der Waals surface area (Å²) in [5.74, 6) is 0.0916. The predicted octanol–water partition coefficient (Wildman–Crippen LogP) is 4.30. The van der Waals surface area contributed by atoms with Crippen molar-refractivity contribution < 1.29 is 13.2 Å². The predicted molar refractivity (Wildman–Crippen MR) is 109 cm³/mol. The van der Waals surface area contributed by atoms with Crippen molar-refractivity contribution in [2.24, 2.45) is 0 Å². The summed E-state index contributed by atoms with van der Waals surface area (Å²) >= 11 is 0. The monoisotopic (exact) mass is 386 g/mol. The number of sulfonamides is 1. The van der Waals surface area contributed by atoms with Crippen LogP contribution in [0, 0.1) is 0 Å². The van der Waals surface area contributed by atoms with E-state index in [1.54, 1.807) is 41.3 Å². The first-order valence-corrected chi connectivity index (χ1v) is 10.7. The van der Waals surface area contributed by atoms with Gasteiger partial charge in [-0.25, -0.2) is 8.42 Å². The highest BCUT2D eigenvalue weighted by molar-refractivity contribution is 7.92. The van der Waals surface area contributed by atoms with Crippen LogP contribution in [0.25, 0.3) is 0 Å². The highest BCUT2D eigenvalue weighted by Crippen LogP contribution is 2.26. The maximum absolute atomic E-state index is 12.6. The van der Waals surface area contributed by atoms with Crippen LogP contribution in [0.5, 0.6) is 0 Å². The fraction of sp³-hybridized carbons (Fsp3) is 0.381. The second kappa shape index (κ2) is 7.35. The zero-order chi connectivity index (χ0) is 19.7. The summed E-state index contributed by atoms with van der Waals surface area (Å²) in [6.45, 7) is 7.02. The van der Waals surface area contributed by atoms with Crippen LogP contribution in [0.2, 0.25) is 0 Å². The van der Waals surface area contributed by atoms with Crippen LogP contribution in [0.3, 0.4) is 0 Å². The Hall–Kier alpha value is -2.34. The van der Waals surface area contributed by atoms with Gasteiger partial charge in [0, 0.05) is 24.3 Å². The molecule has 0 spiro atoms. The van der Waals surface area contributed by atoms with E-state index in [2.05, 4.69) is 25.5 Å². The standard InChI is InChI=1S/C21H26N2O3S/c1-21(2,3)16-7-9-17(10-8-16)22-27(25,26)19-13-11-18(12-14-19)23-15-5-4-6-20(23)24/h7-14,22H,4-6,15H2,1-3H3. The fourth-order valence-electron chi connectivity index (χ4n) is 3.14. The normalized spacial score (nSPS) is 15.7. The highest BCUT2D eigenvalue weighted by Gasteiger charge is 2.21. The lowest BCUT2D eigenvalue weighted by atomic mass is 9.87. The van der Waals surface area contributed by atoms with E-state index in [9.17, 15) is 13.2 Å². The number of nitrogens with one attached hydrogen (secondary N) is 1. The zero-order valence-corrected chi connectivity index (χ0v) is 16.8. The molecular weight excluding hydrogens is 360 g/mol. The Morgan fingerprint density at radius 2 is 1.56 bits per heavy atom. The molecule has 0 unspecified atom stereocenters. The SMILES string of the molecule is CC(C)(C)c1ccc(NS(=O)(=O)c2ccc(N3CCCCC3=O)cc2)cc1. The van der Waals surface area contributed by atoms with E-state index in [0.29, 0.717) is 18.7 Å². The number of carbonyl (C=O) groups excluding carboxylic acids is 1. The number of hydrogen-bond donors (Lipinski definition) is 1. The molecule has 0 aliphatic carbocycles. The van der Waals surface area contributed by atoms with Crippen molar-refractivity contribution in [3.8, 4) is 0 Å². The maximum Gasteiger partial charge on any atom is 0.261 e. The molecule has 2 aromatic carbocycles. The van der Waals surface area contributed by atoms with Gasteiger partial charge in [-0.2, -0.15) is 0 Å². The molecular formula is C21H26N2O3S. The Morgan fingerprint density at radius 3 is 2.11 bits per heavy atom. The summed E-state index contributed by atoms with van der Waals surface area (Å²) < 4.78 is 27.9. The van der Waals surface area contributed by atoms with Gasteiger partial charge in [0.2, 0.25) is 5.91 Å². The van der Waals surface area contributed by atoms with Gasteiger partial charge >= 0.3 is 0 Å². The second-order valence-corrected chi connectivity index (χ2v) is 9.61. The second-order valence-electron chi connectivity index (χ2n) is 7.93. The summed E-state index contributed by atoms with van der Waals surface area (Å²) in [4.78, 5) is 13.9. The average Bonchev–Trinajstić information content (AvgIpc) is 2.62. The molecule has 27 heavy (non-hydrogen) atoms. The topological polar surface area (TPSA) is 66.5 Å². The molecule has 1 aliphatic rings. The summed E-state index contributed by atoms with van der Waals surface area (Å²) in [5, 5.41) is 0. The van der Waals surface area contributed by atoms with Gasteiger partial charge < -0.3 is 4.90 Å². The number of amides is 1. The summed E-state index contributed by atoms with van der Waals surface area (Å²) in [7, 11) is -3.68. The van der Waals surface area contributed by atoms with Gasteiger partial charge in [0.1, 0.15) is 0 Å². The molecule has 0 saturated carbocycles. The quantitative estimate of drug-likeness (QED) is 0.852. The first kappa shape index (κ1) is 19.4. The molecule has 5 nitrogen and oxygen atoms in total. The number of rotatable bonds is 4. The molecule has 0 radical (unpaired) electrons. The van der Waals surface area contributed by atoms with Gasteiger partial charge in [-0.3, -0.25) is 9.52 Å². The molecule has 0 bridgehead atoms. The van der Waals surface area contributed by atoms with Crippen LogP contribution in [0.1, 0.15) is 45.6 Å². The number of hydrogen-bond acceptors (Lipinski definition) is 3. The fourth-order valence-corrected chi connectivity index (χ4v) is 4.20. The van der Waals surface area contributed by atoms with E-state index in [1.807, 2.05) is 12.1 Å². The molecule has 3 rings (SSSR count). The molecule has 1 heterocycles. The third-order valence-electron chi connectivity index (χ3n) is 4.79. The van der Waals surface area contributed by atoms with Gasteiger partial charge in [-0.1, -0.05) is 32.9 Å². The minimum absolute atomic E-state index is 0.0130. The summed E-state index contributed by atoms with van der Waals surface area (Å²) in [6, 6.07) is 13.9. The lowest BCUT2D eigenvalue weighted by Crippen LogP contribution is -2.35. The van der Waals surface area contributed by atoms with Gasteiger partial charge in [0.25, 0.3) is 10.0 Å². The number of carbonyl (C=O) groups is 1. The Labute approximate surface area is 161 Å². The Morgan fingerprint density at radius 1 is 0.926 bits per heavy atom. The van der Waals surface area contributed by atoms with Crippen LogP contribution in [0.4, 0.5) is 11.4 Å². The zero-order valence-electron chi connectivity index (χ0n) is 16.0. The van der Waals surface area contributed by atoms with Crippen molar-refractivity contribution in [1.29, 1.82) is 0 Å². The van der Waals surface area contributed by atoms with Crippen LogP contribution >= 0.6 is 0 Å². The molecule has 0 aromatic heterocycles. The Kier molecular flexibility index (Phi) is 5.29. The third-order valence-corrected chi connectivity index (χ3v) is 6.18. The Bertz CT molecular complexity index is 911. The number of benzene rings is 2. The number of nitrogens with zero attached hydrogens (tertiary/aromatic N) is 1. The third kappa shape index (κ3) is 4.50. The lowest BCUT2D eigenvalue weighted by Gasteiger charge is -2.26. The lowest BCUT2D eigenvalue weighted by molar-refractivity contribution is -0.119. The van der Waals surface area contributed by atoms with Crippen molar-refractivity contribution >= 4 is 27.3 Å². The van der Waals surface area contributed by atoms with E-state index in [1.165, 1.54) is 0 Å². The first-order valence-electron chi connectivity index (χ1n) is 9.21. The average molecular weight is 387 g/mol. The van der Waals surface area contributed by atoms with Crippen LogP contribution in [-0.2, 0) is 20.2 Å². The highest BCUT2D eigenvalue weighted by atomic mass is 32.2. The van der Waals surface area contributed by atoms with E-state index in [4.69, 9.17) is 0 Å². The van der Waals surface area contributed by atoms with Crippen molar-refractivity contribution in [2.45, 2.75) is 50.3 Å². The summed E-state index contributed by atoms with van der Waals surface area (Å²) in [5.41, 5.74) is 2.42. The molecule has 0 atom stereocenters. The molecule has 1 fully saturated rings. The smallest absolute Gasteiger partial charge is 0.261 e. The first-order chi connectivity index (χ1) is 12.7. The van der Waals surface area contributed by atoms with E-state index < -0.39 is 10.0 Å². The van der Waals surface area contributed by atoms with Gasteiger partial charge in [0.05, 0.1) is 4.90 Å². The largest absolute Gasteiger partial charge is 0.312 e. The Balaban J connectivity index is 1.76. The molecule has 1 amide bonds. The number of piperidine rings is 1. The van der Waals surface area contributed by atoms with Gasteiger partial charge in [-0.15, -0.1) is 0 Å². The molecule has 1 saturated heterocycles. The van der Waals surface area contributed by atoms with Gasteiger partial charge in [-0.05, 0) is 60.2 Å². The van der Waals surface area contributed by atoms with Crippen LogP contribution < -0.4 is 9.62 Å². The maximum atomic E-state index is 12.6.